The molecule has 0 aromatic heterocycles. The molecule has 0 spiro atoms. The van der Waals surface area contributed by atoms with Gasteiger partial charge in [-0.05, 0) is 19.4 Å². The SMILES string of the molecule is C=C\N=C/C(=C\C)C(/C=C)=C/N=C\C. The molecule has 2 nitrogen and oxygen atoms in total. The summed E-state index contributed by atoms with van der Waals surface area (Å²) in [4.78, 5) is 7.98. The molecule has 0 aliphatic rings. The summed E-state index contributed by atoms with van der Waals surface area (Å²) in [6, 6.07) is 0. The van der Waals surface area contributed by atoms with Gasteiger partial charge in [-0.1, -0.05) is 25.3 Å². The minimum Gasteiger partial charge on any atom is -0.269 e. The first-order valence-electron chi connectivity index (χ1n) is 4.41. The molecule has 0 rings (SSSR count). The molecule has 0 aromatic carbocycles. The number of allylic oxidation sites excluding steroid dienone is 4. The van der Waals surface area contributed by atoms with Crippen molar-refractivity contribution in [3.8, 4) is 0 Å². The van der Waals surface area contributed by atoms with Crippen LogP contribution in [0.15, 0.2) is 58.8 Å². The molecule has 2 heteroatoms. The van der Waals surface area contributed by atoms with Crippen molar-refractivity contribution < 1.29 is 0 Å². The minimum atomic E-state index is 0.941. The summed E-state index contributed by atoms with van der Waals surface area (Å²) in [5, 5.41) is 0. The number of nitrogens with zero attached hydrogens (tertiary/aromatic N) is 2. The van der Waals surface area contributed by atoms with Crippen LogP contribution in [0.25, 0.3) is 0 Å². The predicted molar refractivity (Wildman–Crippen MR) is 64.9 cm³/mol. The fraction of sp³-hybridized carbons (Fsp3) is 0.167. The Hall–Kier alpha value is -1.70. The van der Waals surface area contributed by atoms with Crippen LogP contribution in [0.3, 0.4) is 0 Å². The van der Waals surface area contributed by atoms with E-state index in [1.807, 2.05) is 19.9 Å². The van der Waals surface area contributed by atoms with Crippen molar-refractivity contribution in [3.05, 3.63) is 48.9 Å². The average molecular weight is 188 g/mol. The smallest absolute Gasteiger partial charge is 0.0343 e. The topological polar surface area (TPSA) is 24.7 Å². The lowest BCUT2D eigenvalue weighted by atomic mass is 10.1. The van der Waals surface area contributed by atoms with E-state index < -0.39 is 0 Å². The van der Waals surface area contributed by atoms with E-state index in [4.69, 9.17) is 0 Å². The maximum absolute atomic E-state index is 4.03. The van der Waals surface area contributed by atoms with Crippen molar-refractivity contribution in [1.82, 2.24) is 0 Å². The Labute approximate surface area is 85.8 Å². The molecule has 0 aliphatic carbocycles. The Morgan fingerprint density at radius 1 is 1.07 bits per heavy atom. The normalized spacial score (nSPS) is 13.9. The molecule has 0 bridgehead atoms. The van der Waals surface area contributed by atoms with E-state index in [2.05, 4.69) is 23.1 Å². The molecule has 0 unspecified atom stereocenters. The molecule has 0 N–H and O–H groups in total. The Bertz CT molecular complexity index is 304. The van der Waals surface area contributed by atoms with Crippen molar-refractivity contribution in [1.29, 1.82) is 0 Å². The van der Waals surface area contributed by atoms with E-state index >= 15 is 0 Å². The molecule has 0 aromatic rings. The van der Waals surface area contributed by atoms with Gasteiger partial charge in [0.25, 0.3) is 0 Å². The summed E-state index contributed by atoms with van der Waals surface area (Å²) in [6.45, 7) is 11.0. The van der Waals surface area contributed by atoms with Gasteiger partial charge < -0.3 is 0 Å². The second kappa shape index (κ2) is 7.92. The quantitative estimate of drug-likeness (QED) is 0.467. The molecule has 0 saturated carbocycles. The van der Waals surface area contributed by atoms with Gasteiger partial charge in [0, 0.05) is 30.4 Å². The van der Waals surface area contributed by atoms with Crippen LogP contribution >= 0.6 is 0 Å². The van der Waals surface area contributed by atoms with Crippen LogP contribution in [-0.4, -0.2) is 12.4 Å². The summed E-state index contributed by atoms with van der Waals surface area (Å²) < 4.78 is 0. The van der Waals surface area contributed by atoms with Crippen LogP contribution in [-0.2, 0) is 0 Å². The molecular formula is C12H16N2. The van der Waals surface area contributed by atoms with Gasteiger partial charge in [0.2, 0.25) is 0 Å². The third-order valence-corrected chi connectivity index (χ3v) is 1.55. The molecule has 0 fully saturated rings. The van der Waals surface area contributed by atoms with Gasteiger partial charge in [0.1, 0.15) is 0 Å². The van der Waals surface area contributed by atoms with E-state index in [0.717, 1.165) is 11.1 Å². The monoisotopic (exact) mass is 188 g/mol. The molecule has 0 heterocycles. The van der Waals surface area contributed by atoms with Crippen LogP contribution in [0.5, 0.6) is 0 Å². The Kier molecular flexibility index (Phi) is 6.96. The second-order valence-electron chi connectivity index (χ2n) is 2.40. The summed E-state index contributed by atoms with van der Waals surface area (Å²) in [5.41, 5.74) is 1.92. The Morgan fingerprint density at radius 2 is 1.79 bits per heavy atom. The lowest BCUT2D eigenvalue weighted by Gasteiger charge is -1.99. The molecular weight excluding hydrogens is 172 g/mol. The zero-order chi connectivity index (χ0) is 10.8. The number of rotatable bonds is 5. The lowest BCUT2D eigenvalue weighted by Crippen LogP contribution is -1.87. The molecule has 0 atom stereocenters. The van der Waals surface area contributed by atoms with Crippen LogP contribution in [0.4, 0.5) is 0 Å². The van der Waals surface area contributed by atoms with Gasteiger partial charge in [-0.3, -0.25) is 9.98 Å². The maximum Gasteiger partial charge on any atom is 0.0343 e. The van der Waals surface area contributed by atoms with Gasteiger partial charge in [0.05, 0.1) is 0 Å². The lowest BCUT2D eigenvalue weighted by molar-refractivity contribution is 1.46. The largest absolute Gasteiger partial charge is 0.269 e. The Balaban J connectivity index is 4.89. The first-order chi connectivity index (χ1) is 6.79. The van der Waals surface area contributed by atoms with E-state index in [1.165, 1.54) is 6.20 Å². The highest BCUT2D eigenvalue weighted by atomic mass is 14.7. The van der Waals surface area contributed by atoms with Crippen molar-refractivity contribution in [2.75, 3.05) is 0 Å². The van der Waals surface area contributed by atoms with Crippen LogP contribution in [0.1, 0.15) is 13.8 Å². The minimum absolute atomic E-state index is 0.941. The van der Waals surface area contributed by atoms with Crippen LogP contribution in [0.2, 0.25) is 0 Å². The number of hydrogen-bond donors (Lipinski definition) is 0. The highest BCUT2D eigenvalue weighted by molar-refractivity contribution is 5.86. The maximum atomic E-state index is 4.03. The van der Waals surface area contributed by atoms with E-state index in [1.54, 1.807) is 24.7 Å². The van der Waals surface area contributed by atoms with Gasteiger partial charge in [-0.15, -0.1) is 0 Å². The summed E-state index contributed by atoms with van der Waals surface area (Å²) in [5.74, 6) is 0. The van der Waals surface area contributed by atoms with Gasteiger partial charge in [0.15, 0.2) is 0 Å². The third-order valence-electron chi connectivity index (χ3n) is 1.55. The van der Waals surface area contributed by atoms with E-state index in [0.29, 0.717) is 0 Å². The standard InChI is InChI=1S/C12H16N2/c1-5-11(9-13-7-3)12(6-2)10-14-8-4/h5-10H,1,4H2,2-3H3/b11-9+,12-6+,13-7-,14-10-. The molecule has 0 radical (unpaired) electrons. The molecule has 14 heavy (non-hydrogen) atoms. The predicted octanol–water partition coefficient (Wildman–Crippen LogP) is 3.31. The number of aliphatic imine (C=N–C) groups is 2. The van der Waals surface area contributed by atoms with Gasteiger partial charge >= 0.3 is 0 Å². The second-order valence-corrected chi connectivity index (χ2v) is 2.40. The first kappa shape index (κ1) is 12.3. The van der Waals surface area contributed by atoms with Crippen molar-refractivity contribution >= 4 is 12.4 Å². The average Bonchev–Trinajstić information content (AvgIpc) is 2.23. The highest BCUT2D eigenvalue weighted by Gasteiger charge is 1.95. The molecule has 0 saturated heterocycles. The van der Waals surface area contributed by atoms with Gasteiger partial charge in [-0.2, -0.15) is 0 Å². The highest BCUT2D eigenvalue weighted by Crippen LogP contribution is 2.09. The van der Waals surface area contributed by atoms with E-state index in [-0.39, 0.29) is 0 Å². The van der Waals surface area contributed by atoms with E-state index in [9.17, 15) is 0 Å². The zero-order valence-corrected chi connectivity index (χ0v) is 8.77. The summed E-state index contributed by atoms with van der Waals surface area (Å²) in [6.07, 6.45) is 10.4. The fourth-order valence-electron chi connectivity index (χ4n) is 0.849. The van der Waals surface area contributed by atoms with Crippen molar-refractivity contribution in [2.45, 2.75) is 13.8 Å². The van der Waals surface area contributed by atoms with Crippen LogP contribution < -0.4 is 0 Å². The van der Waals surface area contributed by atoms with Crippen LogP contribution in [0, 0.1) is 0 Å². The zero-order valence-electron chi connectivity index (χ0n) is 8.77. The van der Waals surface area contributed by atoms with Crippen molar-refractivity contribution in [3.63, 3.8) is 0 Å². The number of hydrogen-bond acceptors (Lipinski definition) is 2. The molecule has 74 valence electrons. The summed E-state index contributed by atoms with van der Waals surface area (Å²) in [7, 11) is 0. The van der Waals surface area contributed by atoms with Crippen molar-refractivity contribution in [2.24, 2.45) is 9.98 Å². The third kappa shape index (κ3) is 4.36. The fourth-order valence-corrected chi connectivity index (χ4v) is 0.849. The Morgan fingerprint density at radius 3 is 2.21 bits per heavy atom. The summed E-state index contributed by atoms with van der Waals surface area (Å²) >= 11 is 0. The molecule has 0 aliphatic heterocycles. The first-order valence-corrected chi connectivity index (χ1v) is 4.41. The molecule has 0 amide bonds. The van der Waals surface area contributed by atoms with Gasteiger partial charge in [-0.25, -0.2) is 0 Å².